The van der Waals surface area contributed by atoms with Gasteiger partial charge in [0.05, 0.1) is 11.6 Å². The molecule has 0 bridgehead atoms. The highest BCUT2D eigenvalue weighted by Gasteiger charge is 2.32. The van der Waals surface area contributed by atoms with E-state index in [0.29, 0.717) is 0 Å². The van der Waals surface area contributed by atoms with Crippen LogP contribution in [-0.4, -0.2) is 20.9 Å². The molecule has 0 aliphatic heterocycles. The second kappa shape index (κ2) is 3.12. The Balaban J connectivity index is 2.29. The molecule has 76 valence electrons. The summed E-state index contributed by atoms with van der Waals surface area (Å²) in [6.07, 6.45) is 3.79. The molecule has 1 aliphatic carbocycles. The molecule has 1 aromatic heterocycles. The van der Waals surface area contributed by atoms with E-state index < -0.39 is 5.97 Å². The molecule has 1 aromatic rings. The van der Waals surface area contributed by atoms with Gasteiger partial charge in [-0.15, -0.1) is 0 Å². The van der Waals surface area contributed by atoms with E-state index in [2.05, 4.69) is 5.10 Å². The maximum Gasteiger partial charge on any atom is 0.306 e. The van der Waals surface area contributed by atoms with Gasteiger partial charge in [-0.3, -0.25) is 9.48 Å². The van der Waals surface area contributed by atoms with Gasteiger partial charge < -0.3 is 5.11 Å². The fraction of sp³-hybridized carbons (Fsp3) is 0.600. The predicted octanol–water partition coefficient (Wildman–Crippen LogP) is 1.17. The first-order valence-electron chi connectivity index (χ1n) is 4.85. The molecular formula is C10H14N2O2. The highest BCUT2D eigenvalue weighted by Crippen LogP contribution is 2.37. The average molecular weight is 194 g/mol. The van der Waals surface area contributed by atoms with Gasteiger partial charge in [0, 0.05) is 19.2 Å². The fourth-order valence-electron chi connectivity index (χ4n) is 2.20. The zero-order chi connectivity index (χ0) is 10.3. The molecule has 0 spiro atoms. The first-order chi connectivity index (χ1) is 6.59. The maximum absolute atomic E-state index is 10.9. The first-order valence-corrected chi connectivity index (χ1v) is 4.85. The van der Waals surface area contributed by atoms with Gasteiger partial charge in [-0.25, -0.2) is 0 Å². The van der Waals surface area contributed by atoms with Crippen LogP contribution in [0, 0.1) is 5.92 Å². The summed E-state index contributed by atoms with van der Waals surface area (Å²) in [6, 6.07) is 0. The summed E-state index contributed by atoms with van der Waals surface area (Å²) in [5.41, 5.74) is 2.20. The smallest absolute Gasteiger partial charge is 0.306 e. The maximum atomic E-state index is 10.9. The van der Waals surface area contributed by atoms with Crippen LogP contribution in [0.25, 0.3) is 0 Å². The number of aryl methyl sites for hydroxylation is 2. The summed E-state index contributed by atoms with van der Waals surface area (Å²) in [7, 11) is 1.88. The minimum absolute atomic E-state index is 0.149. The Labute approximate surface area is 82.5 Å². The number of carbonyl (C=O) groups is 1. The van der Waals surface area contributed by atoms with Gasteiger partial charge in [-0.1, -0.05) is 6.92 Å². The van der Waals surface area contributed by atoms with Crippen molar-refractivity contribution >= 4 is 5.97 Å². The Morgan fingerprint density at radius 2 is 2.50 bits per heavy atom. The Morgan fingerprint density at radius 3 is 3.14 bits per heavy atom. The molecule has 4 heteroatoms. The zero-order valence-electron chi connectivity index (χ0n) is 8.40. The van der Waals surface area contributed by atoms with Crippen LogP contribution in [0.5, 0.6) is 0 Å². The number of carboxylic acid groups (broad SMARTS) is 1. The fourth-order valence-corrected chi connectivity index (χ4v) is 2.20. The van der Waals surface area contributed by atoms with Crippen molar-refractivity contribution < 1.29 is 9.90 Å². The van der Waals surface area contributed by atoms with Crippen molar-refractivity contribution in [1.82, 2.24) is 9.78 Å². The van der Waals surface area contributed by atoms with Crippen molar-refractivity contribution in [1.29, 1.82) is 0 Å². The molecule has 2 rings (SSSR count). The van der Waals surface area contributed by atoms with Crippen LogP contribution in [0.4, 0.5) is 0 Å². The third kappa shape index (κ3) is 1.31. The molecule has 14 heavy (non-hydrogen) atoms. The van der Waals surface area contributed by atoms with Gasteiger partial charge in [0.2, 0.25) is 0 Å². The van der Waals surface area contributed by atoms with Gasteiger partial charge >= 0.3 is 5.97 Å². The minimum atomic E-state index is -0.716. The van der Waals surface area contributed by atoms with Crippen molar-refractivity contribution in [3.63, 3.8) is 0 Å². The summed E-state index contributed by atoms with van der Waals surface area (Å²) in [5, 5.41) is 13.3. The number of hydrogen-bond donors (Lipinski definition) is 1. The quantitative estimate of drug-likeness (QED) is 0.768. The second-order valence-electron chi connectivity index (χ2n) is 3.98. The highest BCUT2D eigenvalue weighted by atomic mass is 16.4. The van der Waals surface area contributed by atoms with E-state index in [-0.39, 0.29) is 11.8 Å². The molecule has 1 heterocycles. The highest BCUT2D eigenvalue weighted by molar-refractivity contribution is 5.71. The van der Waals surface area contributed by atoms with Crippen LogP contribution in [-0.2, 0) is 18.3 Å². The van der Waals surface area contributed by atoms with Gasteiger partial charge in [0.15, 0.2) is 0 Å². The van der Waals surface area contributed by atoms with E-state index >= 15 is 0 Å². The minimum Gasteiger partial charge on any atom is -0.481 e. The Morgan fingerprint density at radius 1 is 1.79 bits per heavy atom. The van der Waals surface area contributed by atoms with Crippen molar-refractivity contribution in [2.24, 2.45) is 13.0 Å². The summed E-state index contributed by atoms with van der Waals surface area (Å²) < 4.78 is 1.77. The molecule has 4 nitrogen and oxygen atoms in total. The molecule has 2 atom stereocenters. The average Bonchev–Trinajstić information content (AvgIpc) is 2.61. The van der Waals surface area contributed by atoms with E-state index in [0.717, 1.165) is 24.1 Å². The largest absolute Gasteiger partial charge is 0.481 e. The third-order valence-electron chi connectivity index (χ3n) is 3.02. The van der Waals surface area contributed by atoms with Crippen molar-refractivity contribution in [2.45, 2.75) is 25.7 Å². The number of hydrogen-bond acceptors (Lipinski definition) is 2. The molecule has 0 aromatic carbocycles. The lowest BCUT2D eigenvalue weighted by atomic mass is 9.90. The summed E-state index contributed by atoms with van der Waals surface area (Å²) >= 11 is 0. The lowest BCUT2D eigenvalue weighted by molar-refractivity contribution is -0.141. The summed E-state index contributed by atoms with van der Waals surface area (Å²) in [4.78, 5) is 10.9. The molecular weight excluding hydrogens is 180 g/mol. The summed E-state index contributed by atoms with van der Waals surface area (Å²) in [5.74, 6) is -0.872. The second-order valence-corrected chi connectivity index (χ2v) is 3.98. The van der Waals surface area contributed by atoms with Crippen LogP contribution in [0.3, 0.4) is 0 Å². The number of carboxylic acids is 1. The van der Waals surface area contributed by atoms with E-state index in [1.54, 1.807) is 11.6 Å². The van der Waals surface area contributed by atoms with Crippen LogP contribution in [0.1, 0.15) is 30.5 Å². The zero-order valence-corrected chi connectivity index (χ0v) is 8.40. The molecule has 1 N–H and O–H groups in total. The van der Waals surface area contributed by atoms with Crippen molar-refractivity contribution in [2.75, 3.05) is 0 Å². The van der Waals surface area contributed by atoms with Crippen LogP contribution < -0.4 is 0 Å². The van der Waals surface area contributed by atoms with Crippen molar-refractivity contribution in [3.05, 3.63) is 17.5 Å². The lowest BCUT2D eigenvalue weighted by Gasteiger charge is -2.14. The normalized spacial score (nSPS) is 22.0. The number of fused-ring (bicyclic) bond motifs is 1. The number of rotatable bonds is 2. The third-order valence-corrected chi connectivity index (χ3v) is 3.02. The SMILES string of the molecule is CC(C(=O)O)C1CCc2nn(C)cc21. The number of aliphatic carboxylic acids is 1. The molecule has 0 radical (unpaired) electrons. The molecule has 0 saturated carbocycles. The Kier molecular flexibility index (Phi) is 2.06. The van der Waals surface area contributed by atoms with Gasteiger partial charge in [0.1, 0.15) is 0 Å². The molecule has 2 unspecified atom stereocenters. The van der Waals surface area contributed by atoms with E-state index in [9.17, 15) is 4.79 Å². The standard InChI is InChI=1S/C10H14N2O2/c1-6(10(13)14)7-3-4-9-8(7)5-12(2)11-9/h5-7H,3-4H2,1-2H3,(H,13,14). The van der Waals surface area contributed by atoms with Crippen LogP contribution in [0.15, 0.2) is 6.20 Å². The lowest BCUT2D eigenvalue weighted by Crippen LogP contribution is -2.17. The Bertz CT molecular complexity index is 370. The molecule has 0 fully saturated rings. The van der Waals surface area contributed by atoms with E-state index in [4.69, 9.17) is 5.11 Å². The monoisotopic (exact) mass is 194 g/mol. The molecule has 1 aliphatic rings. The molecule has 0 saturated heterocycles. The summed E-state index contributed by atoms with van der Waals surface area (Å²) in [6.45, 7) is 1.77. The van der Waals surface area contributed by atoms with Gasteiger partial charge in [-0.05, 0) is 18.4 Å². The number of nitrogens with zero attached hydrogens (tertiary/aromatic N) is 2. The molecule has 0 amide bonds. The predicted molar refractivity (Wildman–Crippen MR) is 51.1 cm³/mol. The van der Waals surface area contributed by atoms with Crippen LogP contribution in [0.2, 0.25) is 0 Å². The Hall–Kier alpha value is -1.32. The number of aromatic nitrogens is 2. The van der Waals surface area contributed by atoms with E-state index in [1.807, 2.05) is 13.2 Å². The van der Waals surface area contributed by atoms with Gasteiger partial charge in [-0.2, -0.15) is 5.10 Å². The van der Waals surface area contributed by atoms with Crippen LogP contribution >= 0.6 is 0 Å². The van der Waals surface area contributed by atoms with Gasteiger partial charge in [0.25, 0.3) is 0 Å². The van der Waals surface area contributed by atoms with E-state index in [1.165, 1.54) is 0 Å². The van der Waals surface area contributed by atoms with Crippen molar-refractivity contribution in [3.8, 4) is 0 Å². The topological polar surface area (TPSA) is 55.1 Å². The first kappa shape index (κ1) is 9.24.